The van der Waals surface area contributed by atoms with E-state index in [0.29, 0.717) is 17.2 Å². The summed E-state index contributed by atoms with van der Waals surface area (Å²) in [7, 11) is 3.89. The van der Waals surface area contributed by atoms with Crippen LogP contribution in [-0.4, -0.2) is 30.0 Å². The molecule has 0 aliphatic carbocycles. The SMILES string of the molecule is Cc1cc(N(C)C)nc(Nc2ccc(NC(=O)c3ccc(-c4ccccc4)cc3)cc2)n1. The van der Waals surface area contributed by atoms with Crippen molar-refractivity contribution in [2.75, 3.05) is 29.6 Å². The monoisotopic (exact) mass is 423 g/mol. The summed E-state index contributed by atoms with van der Waals surface area (Å²) in [5, 5.41) is 6.15. The molecule has 1 amide bonds. The average molecular weight is 424 g/mol. The smallest absolute Gasteiger partial charge is 0.255 e. The molecule has 4 rings (SSSR count). The molecule has 0 bridgehead atoms. The van der Waals surface area contributed by atoms with E-state index in [9.17, 15) is 4.79 Å². The van der Waals surface area contributed by atoms with Gasteiger partial charge in [-0.2, -0.15) is 4.98 Å². The lowest BCUT2D eigenvalue weighted by Crippen LogP contribution is -2.13. The Morgan fingerprint density at radius 3 is 2.06 bits per heavy atom. The first-order valence-electron chi connectivity index (χ1n) is 10.3. The molecule has 4 aromatic rings. The highest BCUT2D eigenvalue weighted by molar-refractivity contribution is 6.04. The van der Waals surface area contributed by atoms with Crippen molar-refractivity contribution >= 4 is 29.0 Å². The van der Waals surface area contributed by atoms with Crippen LogP contribution in [0.1, 0.15) is 16.1 Å². The normalized spacial score (nSPS) is 10.5. The second-order valence-electron chi connectivity index (χ2n) is 7.69. The molecule has 2 N–H and O–H groups in total. The van der Waals surface area contributed by atoms with Gasteiger partial charge in [0.25, 0.3) is 5.91 Å². The van der Waals surface area contributed by atoms with E-state index in [1.165, 1.54) is 0 Å². The van der Waals surface area contributed by atoms with Crippen LogP contribution in [0.5, 0.6) is 0 Å². The number of aromatic nitrogens is 2. The summed E-state index contributed by atoms with van der Waals surface area (Å²) in [4.78, 5) is 23.5. The summed E-state index contributed by atoms with van der Waals surface area (Å²) < 4.78 is 0. The van der Waals surface area contributed by atoms with E-state index in [2.05, 4.69) is 20.6 Å². The molecule has 32 heavy (non-hydrogen) atoms. The second-order valence-corrected chi connectivity index (χ2v) is 7.69. The molecule has 0 saturated heterocycles. The Balaban J connectivity index is 1.41. The maximum Gasteiger partial charge on any atom is 0.255 e. The van der Waals surface area contributed by atoms with Gasteiger partial charge in [0.15, 0.2) is 0 Å². The highest BCUT2D eigenvalue weighted by atomic mass is 16.1. The number of amides is 1. The van der Waals surface area contributed by atoms with Gasteiger partial charge in [-0.3, -0.25) is 4.79 Å². The first-order chi connectivity index (χ1) is 15.5. The van der Waals surface area contributed by atoms with Gasteiger partial charge >= 0.3 is 0 Å². The number of nitrogens with one attached hydrogen (secondary N) is 2. The fourth-order valence-electron chi connectivity index (χ4n) is 3.25. The number of carbonyl (C=O) groups excluding carboxylic acids is 1. The second kappa shape index (κ2) is 9.31. The number of hydrogen-bond acceptors (Lipinski definition) is 5. The van der Waals surface area contributed by atoms with Crippen molar-refractivity contribution in [2.45, 2.75) is 6.92 Å². The Kier molecular flexibility index (Phi) is 6.12. The van der Waals surface area contributed by atoms with Gasteiger partial charge in [0.2, 0.25) is 5.95 Å². The molecule has 0 fully saturated rings. The third kappa shape index (κ3) is 5.10. The van der Waals surface area contributed by atoms with E-state index >= 15 is 0 Å². The zero-order valence-corrected chi connectivity index (χ0v) is 18.3. The van der Waals surface area contributed by atoms with Gasteiger partial charge in [-0.05, 0) is 54.4 Å². The number of benzene rings is 3. The number of hydrogen-bond donors (Lipinski definition) is 2. The highest BCUT2D eigenvalue weighted by Gasteiger charge is 2.08. The van der Waals surface area contributed by atoms with E-state index in [4.69, 9.17) is 0 Å². The van der Waals surface area contributed by atoms with Gasteiger partial charge in [-0.25, -0.2) is 4.98 Å². The van der Waals surface area contributed by atoms with Crippen molar-refractivity contribution in [3.05, 3.63) is 96.2 Å². The van der Waals surface area contributed by atoms with Gasteiger partial charge in [-0.15, -0.1) is 0 Å². The van der Waals surface area contributed by atoms with Crippen molar-refractivity contribution in [1.29, 1.82) is 0 Å². The minimum absolute atomic E-state index is 0.150. The predicted octanol–water partition coefficient (Wildman–Crippen LogP) is 5.51. The molecule has 160 valence electrons. The summed E-state index contributed by atoms with van der Waals surface area (Å²) in [5.41, 5.74) is 5.24. The molecule has 6 nitrogen and oxygen atoms in total. The van der Waals surface area contributed by atoms with Crippen molar-refractivity contribution < 1.29 is 4.79 Å². The third-order valence-corrected chi connectivity index (χ3v) is 4.95. The van der Waals surface area contributed by atoms with Gasteiger partial charge < -0.3 is 15.5 Å². The van der Waals surface area contributed by atoms with Crippen LogP contribution in [0.4, 0.5) is 23.1 Å². The lowest BCUT2D eigenvalue weighted by Gasteiger charge is -2.14. The van der Waals surface area contributed by atoms with E-state index in [1.54, 1.807) is 0 Å². The number of aryl methyl sites for hydroxylation is 1. The van der Waals surface area contributed by atoms with Crippen LogP contribution in [0.2, 0.25) is 0 Å². The summed E-state index contributed by atoms with van der Waals surface area (Å²) in [6, 6.07) is 27.1. The predicted molar refractivity (Wildman–Crippen MR) is 131 cm³/mol. The summed E-state index contributed by atoms with van der Waals surface area (Å²) in [6.07, 6.45) is 0. The van der Waals surface area contributed by atoms with Crippen molar-refractivity contribution in [2.24, 2.45) is 0 Å². The van der Waals surface area contributed by atoms with Gasteiger partial charge in [0, 0.05) is 42.8 Å². The minimum atomic E-state index is -0.150. The highest BCUT2D eigenvalue weighted by Crippen LogP contribution is 2.21. The molecule has 0 saturated carbocycles. The molecule has 0 spiro atoms. The summed E-state index contributed by atoms with van der Waals surface area (Å²) in [5.74, 6) is 1.22. The van der Waals surface area contributed by atoms with Crippen LogP contribution in [0, 0.1) is 6.92 Å². The van der Waals surface area contributed by atoms with Crippen molar-refractivity contribution in [3.63, 3.8) is 0 Å². The molecular formula is C26H25N5O. The van der Waals surface area contributed by atoms with E-state index in [-0.39, 0.29) is 5.91 Å². The number of carbonyl (C=O) groups is 1. The van der Waals surface area contributed by atoms with Crippen LogP contribution in [0.25, 0.3) is 11.1 Å². The summed E-state index contributed by atoms with van der Waals surface area (Å²) in [6.45, 7) is 1.94. The molecule has 0 atom stereocenters. The minimum Gasteiger partial charge on any atom is -0.363 e. The maximum absolute atomic E-state index is 12.6. The quantitative estimate of drug-likeness (QED) is 0.428. The fourth-order valence-corrected chi connectivity index (χ4v) is 3.25. The molecule has 0 unspecified atom stereocenters. The third-order valence-electron chi connectivity index (χ3n) is 4.95. The van der Waals surface area contributed by atoms with E-state index in [1.807, 2.05) is 111 Å². The van der Waals surface area contributed by atoms with Crippen molar-refractivity contribution in [3.8, 4) is 11.1 Å². The first kappa shape index (κ1) is 21.1. The number of anilines is 4. The number of nitrogens with zero attached hydrogens (tertiary/aromatic N) is 3. The van der Waals surface area contributed by atoms with Gasteiger partial charge in [0.05, 0.1) is 0 Å². The topological polar surface area (TPSA) is 70.2 Å². The largest absolute Gasteiger partial charge is 0.363 e. The van der Waals surface area contributed by atoms with Crippen LogP contribution < -0.4 is 15.5 Å². The van der Waals surface area contributed by atoms with E-state index < -0.39 is 0 Å². The zero-order chi connectivity index (χ0) is 22.5. The molecule has 0 aliphatic rings. The average Bonchev–Trinajstić information content (AvgIpc) is 2.80. The fraction of sp³-hybridized carbons (Fsp3) is 0.115. The Bertz CT molecular complexity index is 1200. The Morgan fingerprint density at radius 1 is 0.781 bits per heavy atom. The van der Waals surface area contributed by atoms with Crippen LogP contribution in [0.15, 0.2) is 84.9 Å². The molecule has 1 heterocycles. The standard InChI is InChI=1S/C26H25N5O/c1-18-17-24(31(2)3)30-26(27-18)29-23-15-13-22(14-16-23)28-25(32)21-11-9-20(10-12-21)19-7-5-4-6-8-19/h4-17H,1-3H3,(H,28,32)(H,27,29,30). The Hall–Kier alpha value is -4.19. The molecule has 6 heteroatoms. The van der Waals surface area contributed by atoms with Gasteiger partial charge in [0.1, 0.15) is 5.82 Å². The number of rotatable bonds is 6. The molecular weight excluding hydrogens is 398 g/mol. The van der Waals surface area contributed by atoms with Crippen molar-refractivity contribution in [1.82, 2.24) is 9.97 Å². The van der Waals surface area contributed by atoms with Crippen LogP contribution in [-0.2, 0) is 0 Å². The Morgan fingerprint density at radius 2 is 1.41 bits per heavy atom. The maximum atomic E-state index is 12.6. The van der Waals surface area contributed by atoms with Crippen LogP contribution in [0.3, 0.4) is 0 Å². The summed E-state index contributed by atoms with van der Waals surface area (Å²) >= 11 is 0. The first-order valence-corrected chi connectivity index (χ1v) is 10.3. The molecule has 0 radical (unpaired) electrons. The molecule has 3 aromatic carbocycles. The zero-order valence-electron chi connectivity index (χ0n) is 18.3. The Labute approximate surface area is 188 Å². The molecule has 1 aromatic heterocycles. The van der Waals surface area contributed by atoms with Gasteiger partial charge in [-0.1, -0.05) is 42.5 Å². The lowest BCUT2D eigenvalue weighted by atomic mass is 10.0. The molecule has 0 aliphatic heterocycles. The lowest BCUT2D eigenvalue weighted by molar-refractivity contribution is 0.102. The van der Waals surface area contributed by atoms with E-state index in [0.717, 1.165) is 28.3 Å². The van der Waals surface area contributed by atoms with Crippen LogP contribution >= 0.6 is 0 Å².